The normalized spacial score (nSPS) is 14.0. The highest BCUT2D eigenvalue weighted by atomic mass is 16.5. The molecule has 0 aliphatic heterocycles. The second-order valence-electron chi connectivity index (χ2n) is 5.72. The molecule has 0 aliphatic rings. The van der Waals surface area contributed by atoms with Crippen molar-refractivity contribution < 1.29 is 9.32 Å². The van der Waals surface area contributed by atoms with Crippen LogP contribution in [0.25, 0.3) is 0 Å². The van der Waals surface area contributed by atoms with E-state index in [1.807, 2.05) is 44.6 Å². The zero-order valence-electron chi connectivity index (χ0n) is 13.4. The van der Waals surface area contributed by atoms with Gasteiger partial charge in [-0.15, -0.1) is 0 Å². The zero-order valence-corrected chi connectivity index (χ0v) is 13.4. The lowest BCUT2D eigenvalue weighted by molar-refractivity contribution is -0.115. The Hall–Kier alpha value is -2.15. The highest BCUT2D eigenvalue weighted by molar-refractivity contribution is 5.90. The summed E-state index contributed by atoms with van der Waals surface area (Å²) in [6, 6.07) is 3.89. The van der Waals surface area contributed by atoms with Crippen molar-refractivity contribution in [2.24, 2.45) is 0 Å². The summed E-state index contributed by atoms with van der Waals surface area (Å²) in [4.78, 5) is 11.9. The average Bonchev–Trinajstić information content (AvgIpc) is 3.15. The van der Waals surface area contributed by atoms with Crippen LogP contribution in [0.3, 0.4) is 0 Å². The van der Waals surface area contributed by atoms with Crippen LogP contribution in [-0.4, -0.2) is 33.4 Å². The van der Waals surface area contributed by atoms with Gasteiger partial charge in [-0.25, -0.2) is 0 Å². The van der Waals surface area contributed by atoms with Crippen LogP contribution in [0.4, 0.5) is 5.88 Å². The summed E-state index contributed by atoms with van der Waals surface area (Å²) in [5.41, 5.74) is 0.823. The fourth-order valence-corrected chi connectivity index (χ4v) is 1.98. The van der Waals surface area contributed by atoms with E-state index in [9.17, 15) is 4.79 Å². The van der Waals surface area contributed by atoms with Crippen molar-refractivity contribution >= 4 is 11.8 Å². The lowest BCUT2D eigenvalue weighted by Crippen LogP contribution is -2.39. The predicted octanol–water partition coefficient (Wildman–Crippen LogP) is 2.17. The van der Waals surface area contributed by atoms with Gasteiger partial charge in [0.1, 0.15) is 0 Å². The van der Waals surface area contributed by atoms with E-state index < -0.39 is 0 Å². The maximum absolute atomic E-state index is 11.9. The summed E-state index contributed by atoms with van der Waals surface area (Å²) in [5, 5.41) is 14.0. The number of nitrogens with one attached hydrogen (secondary N) is 2. The minimum absolute atomic E-state index is 0.103. The number of aromatic nitrogens is 3. The third-order valence-electron chi connectivity index (χ3n) is 3.63. The molecule has 0 spiro atoms. The first-order chi connectivity index (χ1) is 10.5. The van der Waals surface area contributed by atoms with E-state index in [2.05, 4.69) is 20.9 Å². The quantitative estimate of drug-likeness (QED) is 0.819. The van der Waals surface area contributed by atoms with Crippen molar-refractivity contribution in [3.05, 3.63) is 30.2 Å². The Balaban J connectivity index is 1.79. The third kappa shape index (κ3) is 4.17. The third-order valence-corrected chi connectivity index (χ3v) is 3.63. The molecule has 0 saturated heterocycles. The Labute approximate surface area is 130 Å². The molecule has 0 unspecified atom stereocenters. The average molecular weight is 305 g/mol. The van der Waals surface area contributed by atoms with Crippen molar-refractivity contribution in [2.45, 2.75) is 45.7 Å². The summed E-state index contributed by atoms with van der Waals surface area (Å²) in [5.74, 6) is 0.483. The second-order valence-corrected chi connectivity index (χ2v) is 5.72. The zero-order chi connectivity index (χ0) is 16.1. The monoisotopic (exact) mass is 305 g/mol. The summed E-state index contributed by atoms with van der Waals surface area (Å²) in [6.07, 6.45) is 3.65. The standard InChI is InChI=1S/C15H23N5O2/c1-10(2)13-8-15(22-19-13)18-14(21)9-16-11(3)12(4)20-7-5-6-17-20/h5-8,10-12,16H,9H2,1-4H3,(H,18,21)/t11-,12-/m0/s1. The van der Waals surface area contributed by atoms with Crippen LogP contribution >= 0.6 is 0 Å². The van der Waals surface area contributed by atoms with Crippen LogP contribution < -0.4 is 10.6 Å². The minimum atomic E-state index is -0.161. The first kappa shape index (κ1) is 16.2. The SMILES string of the molecule is CC(C)c1cc(NC(=O)CN[C@@H](C)[C@H](C)n2cccn2)on1. The van der Waals surface area contributed by atoms with E-state index >= 15 is 0 Å². The molecule has 2 aromatic heterocycles. The van der Waals surface area contributed by atoms with Crippen molar-refractivity contribution in [3.8, 4) is 0 Å². The molecule has 2 atom stereocenters. The van der Waals surface area contributed by atoms with Crippen LogP contribution in [0, 0.1) is 0 Å². The van der Waals surface area contributed by atoms with Gasteiger partial charge in [-0.05, 0) is 25.8 Å². The first-order valence-electron chi connectivity index (χ1n) is 7.46. The van der Waals surface area contributed by atoms with Gasteiger partial charge >= 0.3 is 0 Å². The first-order valence-corrected chi connectivity index (χ1v) is 7.46. The van der Waals surface area contributed by atoms with Crippen molar-refractivity contribution in [1.29, 1.82) is 0 Å². The molecule has 2 N–H and O–H groups in total. The maximum atomic E-state index is 11.9. The Kier molecular flexibility index (Phi) is 5.32. The molecule has 120 valence electrons. The number of hydrogen-bond acceptors (Lipinski definition) is 5. The molecule has 2 heterocycles. The van der Waals surface area contributed by atoms with Crippen LogP contribution in [0.5, 0.6) is 0 Å². The van der Waals surface area contributed by atoms with E-state index in [1.54, 1.807) is 12.3 Å². The molecule has 1 amide bonds. The summed E-state index contributed by atoms with van der Waals surface area (Å²) >= 11 is 0. The Bertz CT molecular complexity index is 591. The van der Waals surface area contributed by atoms with Gasteiger partial charge in [0.25, 0.3) is 0 Å². The van der Waals surface area contributed by atoms with Crippen molar-refractivity contribution in [3.63, 3.8) is 0 Å². The molecule has 2 rings (SSSR count). The Morgan fingerprint density at radius 1 is 1.36 bits per heavy atom. The van der Waals surface area contributed by atoms with Crippen LogP contribution in [0.2, 0.25) is 0 Å². The lowest BCUT2D eigenvalue weighted by Gasteiger charge is -2.21. The summed E-state index contributed by atoms with van der Waals surface area (Å²) in [7, 11) is 0. The van der Waals surface area contributed by atoms with E-state index in [0.717, 1.165) is 5.69 Å². The number of amides is 1. The largest absolute Gasteiger partial charge is 0.338 e. The Morgan fingerprint density at radius 2 is 2.14 bits per heavy atom. The predicted molar refractivity (Wildman–Crippen MR) is 83.6 cm³/mol. The fraction of sp³-hybridized carbons (Fsp3) is 0.533. The highest BCUT2D eigenvalue weighted by Gasteiger charge is 2.16. The fourth-order valence-electron chi connectivity index (χ4n) is 1.98. The summed E-state index contributed by atoms with van der Waals surface area (Å²) in [6.45, 7) is 8.30. The van der Waals surface area contributed by atoms with Gasteiger partial charge < -0.3 is 9.84 Å². The number of carbonyl (C=O) groups is 1. The van der Waals surface area contributed by atoms with Gasteiger partial charge in [0.2, 0.25) is 11.8 Å². The minimum Gasteiger partial charge on any atom is -0.338 e. The molecule has 22 heavy (non-hydrogen) atoms. The van der Waals surface area contributed by atoms with Gasteiger partial charge in [-0.3, -0.25) is 14.8 Å². The maximum Gasteiger partial charge on any atom is 0.240 e. The van der Waals surface area contributed by atoms with Crippen LogP contribution in [0.15, 0.2) is 29.0 Å². The topological polar surface area (TPSA) is 85.0 Å². The number of hydrogen-bond donors (Lipinski definition) is 2. The Morgan fingerprint density at radius 3 is 2.73 bits per heavy atom. The van der Waals surface area contributed by atoms with E-state index in [1.165, 1.54) is 0 Å². The second kappa shape index (κ2) is 7.22. The van der Waals surface area contributed by atoms with Crippen molar-refractivity contribution in [1.82, 2.24) is 20.3 Å². The molecule has 7 heteroatoms. The van der Waals surface area contributed by atoms with Gasteiger partial charge in [0, 0.05) is 24.5 Å². The number of rotatable bonds is 7. The van der Waals surface area contributed by atoms with Gasteiger partial charge in [0.05, 0.1) is 18.3 Å². The molecule has 2 aromatic rings. The number of nitrogens with zero attached hydrogens (tertiary/aromatic N) is 3. The molecule has 0 radical (unpaired) electrons. The van der Waals surface area contributed by atoms with Gasteiger partial charge in [-0.2, -0.15) is 5.10 Å². The van der Waals surface area contributed by atoms with E-state index in [4.69, 9.17) is 4.52 Å². The molecular formula is C15H23N5O2. The van der Waals surface area contributed by atoms with Crippen molar-refractivity contribution in [2.75, 3.05) is 11.9 Å². The van der Waals surface area contributed by atoms with Gasteiger partial charge in [0.15, 0.2) is 0 Å². The molecule has 0 aromatic carbocycles. The molecule has 0 bridgehead atoms. The van der Waals surface area contributed by atoms with Crippen LogP contribution in [-0.2, 0) is 4.79 Å². The molecule has 0 fully saturated rings. The van der Waals surface area contributed by atoms with Crippen LogP contribution in [0.1, 0.15) is 45.3 Å². The molecule has 0 aliphatic carbocycles. The smallest absolute Gasteiger partial charge is 0.240 e. The van der Waals surface area contributed by atoms with E-state index in [0.29, 0.717) is 5.88 Å². The number of anilines is 1. The molecule has 0 saturated carbocycles. The van der Waals surface area contributed by atoms with Gasteiger partial charge in [-0.1, -0.05) is 19.0 Å². The molecule has 7 nitrogen and oxygen atoms in total. The number of carbonyl (C=O) groups excluding carboxylic acids is 1. The highest BCUT2D eigenvalue weighted by Crippen LogP contribution is 2.17. The van der Waals surface area contributed by atoms with E-state index in [-0.39, 0.29) is 30.5 Å². The lowest BCUT2D eigenvalue weighted by atomic mass is 10.1. The molecular weight excluding hydrogens is 282 g/mol. The summed E-state index contributed by atoms with van der Waals surface area (Å²) < 4.78 is 6.95.